The van der Waals surface area contributed by atoms with Gasteiger partial charge in [-0.25, -0.2) is 0 Å². The molecule has 0 spiro atoms. The molecular weight excluding hydrogens is 789 g/mol. The maximum atomic E-state index is 12.8. The Labute approximate surface area is 360 Å². The number of carbonyl (C=O) groups excluding carboxylic acids is 2. The van der Waals surface area contributed by atoms with E-state index >= 15 is 0 Å². The summed E-state index contributed by atoms with van der Waals surface area (Å²) in [5.41, 5.74) is 0. The van der Waals surface area contributed by atoms with E-state index in [0.717, 1.165) is 57.8 Å². The highest BCUT2D eigenvalue weighted by atomic mass is 32.2. The van der Waals surface area contributed by atoms with Crippen LogP contribution in [0.25, 0.3) is 0 Å². The van der Waals surface area contributed by atoms with Crippen molar-refractivity contribution in [3.05, 3.63) is 85.1 Å². The van der Waals surface area contributed by atoms with E-state index in [1.807, 2.05) is 42.5 Å². The Balaban J connectivity index is 2.52. The molecular formula is C47H76O12S. The van der Waals surface area contributed by atoms with Gasteiger partial charge in [0.1, 0.15) is 36.8 Å². The summed E-state index contributed by atoms with van der Waals surface area (Å²) in [6.07, 6.45) is 37.8. The molecule has 1 heterocycles. The third kappa shape index (κ3) is 30.8. The molecule has 2 unspecified atom stereocenters. The van der Waals surface area contributed by atoms with Crippen molar-refractivity contribution >= 4 is 22.1 Å². The van der Waals surface area contributed by atoms with E-state index < -0.39 is 71.2 Å². The molecule has 0 saturated carbocycles. The van der Waals surface area contributed by atoms with Crippen LogP contribution in [0.4, 0.5) is 0 Å². The van der Waals surface area contributed by atoms with Gasteiger partial charge in [-0.05, 0) is 64.2 Å². The van der Waals surface area contributed by atoms with E-state index in [1.54, 1.807) is 0 Å². The summed E-state index contributed by atoms with van der Waals surface area (Å²) < 4.78 is 53.9. The highest BCUT2D eigenvalue weighted by Crippen LogP contribution is 2.24. The first-order valence-electron chi connectivity index (χ1n) is 22.2. The average molecular weight is 865 g/mol. The molecule has 1 aliphatic rings. The number of aliphatic hydroxyl groups is 3. The normalized spacial score (nSPS) is 20.9. The quantitative estimate of drug-likeness (QED) is 0.0156. The summed E-state index contributed by atoms with van der Waals surface area (Å²) in [7, 11) is -4.62. The first-order chi connectivity index (χ1) is 29.0. The minimum Gasteiger partial charge on any atom is -0.462 e. The molecule has 60 heavy (non-hydrogen) atoms. The van der Waals surface area contributed by atoms with Crippen LogP contribution in [0, 0.1) is 0 Å². The van der Waals surface area contributed by atoms with Crippen LogP contribution < -0.4 is 0 Å². The third-order valence-corrected chi connectivity index (χ3v) is 10.3. The second kappa shape index (κ2) is 36.5. The fraction of sp³-hybridized carbons (Fsp3) is 0.660. The molecule has 0 radical (unpaired) electrons. The maximum absolute atomic E-state index is 12.8. The van der Waals surface area contributed by atoms with Gasteiger partial charge in [-0.3, -0.25) is 14.1 Å². The zero-order valence-electron chi connectivity index (χ0n) is 36.3. The predicted octanol–water partition coefficient (Wildman–Crippen LogP) is 8.89. The minimum absolute atomic E-state index is 0.122. The molecule has 0 aromatic carbocycles. The van der Waals surface area contributed by atoms with Crippen LogP contribution in [-0.2, 0) is 38.7 Å². The van der Waals surface area contributed by atoms with Crippen molar-refractivity contribution in [3.63, 3.8) is 0 Å². The van der Waals surface area contributed by atoms with Gasteiger partial charge in [0.15, 0.2) is 12.4 Å². The molecule has 0 aromatic heterocycles. The van der Waals surface area contributed by atoms with Gasteiger partial charge in [-0.15, -0.1) is 0 Å². The van der Waals surface area contributed by atoms with Gasteiger partial charge in [0.05, 0.1) is 6.61 Å². The zero-order chi connectivity index (χ0) is 44.1. The van der Waals surface area contributed by atoms with Crippen molar-refractivity contribution in [2.45, 2.75) is 179 Å². The molecule has 342 valence electrons. The monoisotopic (exact) mass is 865 g/mol. The highest BCUT2D eigenvalue weighted by molar-refractivity contribution is 7.85. The molecule has 1 aliphatic heterocycles. The summed E-state index contributed by atoms with van der Waals surface area (Å²) in [5.74, 6) is -2.10. The number of esters is 2. The average Bonchev–Trinajstić information content (AvgIpc) is 3.21. The molecule has 0 aromatic rings. The lowest BCUT2D eigenvalue weighted by atomic mass is 10.00. The van der Waals surface area contributed by atoms with E-state index in [4.69, 9.17) is 18.9 Å². The van der Waals surface area contributed by atoms with Crippen LogP contribution in [0.15, 0.2) is 85.1 Å². The van der Waals surface area contributed by atoms with Crippen molar-refractivity contribution in [1.82, 2.24) is 0 Å². The van der Waals surface area contributed by atoms with Gasteiger partial charge in [-0.2, -0.15) is 8.42 Å². The van der Waals surface area contributed by atoms with Crippen molar-refractivity contribution in [2.75, 3.05) is 19.0 Å². The molecule has 0 aliphatic carbocycles. The topological polar surface area (TPSA) is 186 Å². The molecule has 6 atom stereocenters. The largest absolute Gasteiger partial charge is 0.462 e. The Morgan fingerprint density at radius 3 is 1.77 bits per heavy atom. The lowest BCUT2D eigenvalue weighted by molar-refractivity contribution is -0.297. The molecule has 1 saturated heterocycles. The molecule has 4 N–H and O–H groups in total. The van der Waals surface area contributed by atoms with Gasteiger partial charge in [0.2, 0.25) is 0 Å². The van der Waals surface area contributed by atoms with Crippen molar-refractivity contribution in [1.29, 1.82) is 0 Å². The van der Waals surface area contributed by atoms with E-state index in [9.17, 15) is 37.9 Å². The second-order valence-corrected chi connectivity index (χ2v) is 16.6. The van der Waals surface area contributed by atoms with Crippen LogP contribution in [0.5, 0.6) is 0 Å². The Hall–Kier alpha value is -3.17. The van der Waals surface area contributed by atoms with Crippen LogP contribution in [0.1, 0.15) is 142 Å². The maximum Gasteiger partial charge on any atom is 0.306 e. The number of ether oxygens (including phenoxy) is 4. The molecule has 0 amide bonds. The van der Waals surface area contributed by atoms with Crippen molar-refractivity contribution in [3.8, 4) is 0 Å². The lowest BCUT2D eigenvalue weighted by Crippen LogP contribution is -2.60. The zero-order valence-corrected chi connectivity index (χ0v) is 37.1. The van der Waals surface area contributed by atoms with Crippen LogP contribution in [0.3, 0.4) is 0 Å². The third-order valence-electron chi connectivity index (χ3n) is 9.55. The smallest absolute Gasteiger partial charge is 0.306 e. The van der Waals surface area contributed by atoms with Crippen molar-refractivity contribution < 1.29 is 56.8 Å². The van der Waals surface area contributed by atoms with Crippen LogP contribution in [-0.4, -0.2) is 96.0 Å². The number of hydrogen-bond donors (Lipinski definition) is 4. The Kier molecular flexibility index (Phi) is 33.3. The molecule has 12 nitrogen and oxygen atoms in total. The molecule has 0 bridgehead atoms. The van der Waals surface area contributed by atoms with Gasteiger partial charge in [-0.1, -0.05) is 150 Å². The SMILES string of the molecule is CC/C=C/C=C/C=C/C=C/CCCCCCCC(=O)O[C@H](COC(=O)CCC/C=C/C/C=C/C/C=C/CCCCCCCC)CO[C@H]1O[C@H](CS(=O)(=O)O)[C@@H](O)C(O)C1O. The van der Waals surface area contributed by atoms with E-state index in [2.05, 4.69) is 56.4 Å². The molecule has 13 heteroatoms. The molecule has 1 rings (SSSR count). The van der Waals surface area contributed by atoms with Crippen molar-refractivity contribution in [2.24, 2.45) is 0 Å². The number of allylic oxidation sites excluding steroid dienone is 14. The Morgan fingerprint density at radius 2 is 1.13 bits per heavy atom. The van der Waals surface area contributed by atoms with E-state index in [1.165, 1.54) is 38.5 Å². The second-order valence-electron chi connectivity index (χ2n) is 15.1. The number of carbonyl (C=O) groups is 2. The number of hydrogen-bond acceptors (Lipinski definition) is 11. The fourth-order valence-corrected chi connectivity index (χ4v) is 6.80. The first kappa shape index (κ1) is 54.8. The van der Waals surface area contributed by atoms with E-state index in [0.29, 0.717) is 19.3 Å². The van der Waals surface area contributed by atoms with Gasteiger partial charge in [0.25, 0.3) is 10.1 Å². The van der Waals surface area contributed by atoms with Crippen LogP contribution >= 0.6 is 0 Å². The summed E-state index contributed by atoms with van der Waals surface area (Å²) in [6, 6.07) is 0. The Morgan fingerprint density at radius 1 is 0.600 bits per heavy atom. The predicted molar refractivity (Wildman–Crippen MR) is 238 cm³/mol. The van der Waals surface area contributed by atoms with Gasteiger partial charge in [0, 0.05) is 12.8 Å². The van der Waals surface area contributed by atoms with Gasteiger partial charge < -0.3 is 34.3 Å². The standard InChI is InChI=1S/C47H76O12S/c1-3-5-7-9-11-13-15-17-19-20-22-23-25-27-29-31-33-35-42(48)56-37-40(38-57-47-46(52)45(51)44(50)41(59-47)39-60(53,54)55)58-43(49)36-34-32-30-28-26-24-21-18-16-14-12-10-8-6-4-2/h6,8,10,12,14,16-19,21-23,27,29,40-41,44-47,50-52H,3-5,7,9,11,13,15,20,24-26,28,30-39H2,1-2H3,(H,53,54,55)/b8-6+,12-10+,16-14+,19-17+,21-18+,23-22+,29-27+/t40-,41-,44-,45?,46?,47+/m1/s1. The van der Waals surface area contributed by atoms with Crippen LogP contribution in [0.2, 0.25) is 0 Å². The summed E-state index contributed by atoms with van der Waals surface area (Å²) in [5, 5.41) is 30.9. The minimum atomic E-state index is -4.62. The number of aliphatic hydroxyl groups excluding tert-OH is 3. The lowest BCUT2D eigenvalue weighted by Gasteiger charge is -2.40. The highest BCUT2D eigenvalue weighted by Gasteiger charge is 2.46. The van der Waals surface area contributed by atoms with E-state index in [-0.39, 0.29) is 19.4 Å². The first-order valence-corrected chi connectivity index (χ1v) is 23.8. The summed E-state index contributed by atoms with van der Waals surface area (Å²) in [4.78, 5) is 25.4. The molecule has 1 fully saturated rings. The fourth-order valence-electron chi connectivity index (χ4n) is 6.11. The summed E-state index contributed by atoms with van der Waals surface area (Å²) in [6.45, 7) is 3.53. The van der Waals surface area contributed by atoms with Gasteiger partial charge >= 0.3 is 11.9 Å². The Bertz CT molecular complexity index is 1430. The summed E-state index contributed by atoms with van der Waals surface area (Å²) >= 11 is 0. The number of unbranched alkanes of at least 4 members (excludes halogenated alkanes) is 12. The number of rotatable bonds is 35.